The molecular weight excluding hydrogens is 256 g/mol. The molecular formula is C15H28N2O3. The number of nitrogens with one attached hydrogen (secondary N) is 2. The molecule has 2 atom stereocenters. The normalized spacial score (nSPS) is 23.1. The van der Waals surface area contributed by atoms with Gasteiger partial charge in [-0.25, -0.2) is 4.79 Å². The van der Waals surface area contributed by atoms with Crippen molar-refractivity contribution in [2.75, 3.05) is 13.1 Å². The van der Waals surface area contributed by atoms with Crippen molar-refractivity contribution in [3.8, 4) is 0 Å². The van der Waals surface area contributed by atoms with Gasteiger partial charge in [-0.3, -0.25) is 4.79 Å². The number of aliphatic carboxylic acids is 1. The molecule has 0 saturated heterocycles. The second-order valence-corrected chi connectivity index (χ2v) is 6.72. The maximum absolute atomic E-state index is 11.6. The second kappa shape index (κ2) is 7.50. The van der Waals surface area contributed by atoms with E-state index in [2.05, 4.69) is 17.6 Å². The van der Waals surface area contributed by atoms with Crippen molar-refractivity contribution in [1.82, 2.24) is 10.6 Å². The van der Waals surface area contributed by atoms with E-state index in [0.717, 1.165) is 18.3 Å². The first kappa shape index (κ1) is 16.8. The summed E-state index contributed by atoms with van der Waals surface area (Å²) in [4.78, 5) is 22.5. The van der Waals surface area contributed by atoms with Gasteiger partial charge in [-0.1, -0.05) is 26.2 Å². The maximum atomic E-state index is 11.6. The fourth-order valence-corrected chi connectivity index (χ4v) is 2.65. The summed E-state index contributed by atoms with van der Waals surface area (Å²) in [6.07, 6.45) is 6.16. The molecule has 20 heavy (non-hydrogen) atoms. The summed E-state index contributed by atoms with van der Waals surface area (Å²) in [5.74, 6) is 0.613. The lowest BCUT2D eigenvalue weighted by Gasteiger charge is -2.26. The van der Waals surface area contributed by atoms with E-state index >= 15 is 0 Å². The molecule has 1 aliphatic rings. The van der Waals surface area contributed by atoms with E-state index in [9.17, 15) is 9.59 Å². The van der Waals surface area contributed by atoms with Crippen molar-refractivity contribution >= 4 is 12.0 Å². The fraction of sp³-hybridized carbons (Fsp3) is 0.867. The van der Waals surface area contributed by atoms with Gasteiger partial charge in [0.1, 0.15) is 0 Å². The van der Waals surface area contributed by atoms with Crippen molar-refractivity contribution in [3.05, 3.63) is 0 Å². The minimum atomic E-state index is -0.934. The van der Waals surface area contributed by atoms with E-state index in [4.69, 9.17) is 5.11 Å². The molecule has 0 aromatic heterocycles. The Kier molecular flexibility index (Phi) is 6.30. The molecule has 1 rings (SSSR count). The Labute approximate surface area is 121 Å². The molecule has 0 aliphatic heterocycles. The summed E-state index contributed by atoms with van der Waals surface area (Å²) in [6.45, 7) is 6.28. The lowest BCUT2D eigenvalue weighted by Crippen LogP contribution is -2.44. The Balaban J connectivity index is 2.15. The zero-order valence-electron chi connectivity index (χ0n) is 12.9. The Morgan fingerprint density at radius 1 is 1.25 bits per heavy atom. The molecule has 2 unspecified atom stereocenters. The molecule has 1 saturated carbocycles. The minimum absolute atomic E-state index is 0.134. The summed E-state index contributed by atoms with van der Waals surface area (Å²) in [5, 5.41) is 14.4. The van der Waals surface area contributed by atoms with Crippen LogP contribution >= 0.6 is 0 Å². The largest absolute Gasteiger partial charge is 0.481 e. The van der Waals surface area contributed by atoms with Crippen molar-refractivity contribution in [2.24, 2.45) is 17.3 Å². The highest BCUT2D eigenvalue weighted by Crippen LogP contribution is 2.30. The van der Waals surface area contributed by atoms with E-state index in [-0.39, 0.29) is 12.6 Å². The van der Waals surface area contributed by atoms with Gasteiger partial charge in [-0.15, -0.1) is 0 Å². The van der Waals surface area contributed by atoms with Crippen LogP contribution in [0.15, 0.2) is 0 Å². The smallest absolute Gasteiger partial charge is 0.314 e. The summed E-state index contributed by atoms with van der Waals surface area (Å²) < 4.78 is 0. The average Bonchev–Trinajstić information content (AvgIpc) is 2.36. The molecule has 0 heterocycles. The van der Waals surface area contributed by atoms with Crippen molar-refractivity contribution < 1.29 is 14.7 Å². The lowest BCUT2D eigenvalue weighted by molar-refractivity contribution is -0.146. The van der Waals surface area contributed by atoms with Crippen LogP contribution < -0.4 is 10.6 Å². The summed E-state index contributed by atoms with van der Waals surface area (Å²) in [5.41, 5.74) is -0.934. The number of carboxylic acids is 1. The number of urea groups is 1. The van der Waals surface area contributed by atoms with Crippen LogP contribution in [0.25, 0.3) is 0 Å². The highest BCUT2D eigenvalue weighted by atomic mass is 16.4. The van der Waals surface area contributed by atoms with Crippen LogP contribution in [0, 0.1) is 17.3 Å². The topological polar surface area (TPSA) is 78.4 Å². The van der Waals surface area contributed by atoms with Gasteiger partial charge in [0.15, 0.2) is 0 Å². The number of carbonyl (C=O) groups is 2. The van der Waals surface area contributed by atoms with E-state index in [1.165, 1.54) is 25.7 Å². The first-order chi connectivity index (χ1) is 9.31. The number of hydrogen-bond acceptors (Lipinski definition) is 2. The molecule has 0 aromatic rings. The van der Waals surface area contributed by atoms with Gasteiger partial charge >= 0.3 is 12.0 Å². The standard InChI is InChI=1S/C15H28N2O3/c1-11-5-4-6-12(9-11)7-8-16-14(20)17-10-15(2,3)13(18)19/h11-12H,4-10H2,1-3H3,(H,18,19)(H2,16,17,20). The third-order valence-corrected chi connectivity index (χ3v) is 4.15. The number of carboxylic acid groups (broad SMARTS) is 1. The molecule has 5 heteroatoms. The second-order valence-electron chi connectivity index (χ2n) is 6.72. The maximum Gasteiger partial charge on any atom is 0.314 e. The average molecular weight is 284 g/mol. The molecule has 1 fully saturated rings. The Morgan fingerprint density at radius 3 is 2.55 bits per heavy atom. The number of amides is 2. The summed E-state index contributed by atoms with van der Waals surface area (Å²) in [6, 6.07) is -0.275. The van der Waals surface area contributed by atoms with Gasteiger partial charge in [-0.05, 0) is 38.5 Å². The summed E-state index contributed by atoms with van der Waals surface area (Å²) >= 11 is 0. The van der Waals surface area contributed by atoms with Crippen LogP contribution in [0.5, 0.6) is 0 Å². The SMILES string of the molecule is CC1CCCC(CCNC(=O)NCC(C)(C)C(=O)O)C1. The molecule has 0 radical (unpaired) electrons. The van der Waals surface area contributed by atoms with Crippen LogP contribution in [0.3, 0.4) is 0 Å². The van der Waals surface area contributed by atoms with E-state index in [1.807, 2.05) is 0 Å². The number of rotatable bonds is 6. The molecule has 2 amide bonds. The van der Waals surface area contributed by atoms with Gasteiger partial charge in [0.05, 0.1) is 5.41 Å². The van der Waals surface area contributed by atoms with Gasteiger partial charge in [0.25, 0.3) is 0 Å². The fourth-order valence-electron chi connectivity index (χ4n) is 2.65. The third-order valence-electron chi connectivity index (χ3n) is 4.15. The Bertz CT molecular complexity index is 342. The van der Waals surface area contributed by atoms with Crippen LogP contribution in [0.4, 0.5) is 4.79 Å². The van der Waals surface area contributed by atoms with Crippen molar-refractivity contribution in [3.63, 3.8) is 0 Å². The molecule has 1 aliphatic carbocycles. The number of carbonyl (C=O) groups excluding carboxylic acids is 1. The minimum Gasteiger partial charge on any atom is -0.481 e. The van der Waals surface area contributed by atoms with Gasteiger partial charge in [0.2, 0.25) is 0 Å². The quantitative estimate of drug-likeness (QED) is 0.701. The number of hydrogen-bond donors (Lipinski definition) is 3. The molecule has 0 aromatic carbocycles. The Morgan fingerprint density at radius 2 is 1.95 bits per heavy atom. The van der Waals surface area contributed by atoms with E-state index in [0.29, 0.717) is 6.54 Å². The first-order valence-electron chi connectivity index (χ1n) is 7.56. The van der Waals surface area contributed by atoms with E-state index < -0.39 is 11.4 Å². The van der Waals surface area contributed by atoms with Crippen molar-refractivity contribution in [1.29, 1.82) is 0 Å². The third kappa shape index (κ3) is 5.80. The first-order valence-corrected chi connectivity index (χ1v) is 7.56. The molecule has 5 nitrogen and oxygen atoms in total. The Hall–Kier alpha value is -1.26. The van der Waals surface area contributed by atoms with Crippen LogP contribution in [0.1, 0.15) is 52.9 Å². The molecule has 0 spiro atoms. The highest BCUT2D eigenvalue weighted by molar-refractivity contribution is 5.77. The van der Waals surface area contributed by atoms with Gasteiger partial charge in [-0.2, -0.15) is 0 Å². The lowest BCUT2D eigenvalue weighted by atomic mass is 9.81. The molecule has 0 bridgehead atoms. The van der Waals surface area contributed by atoms with Crippen LogP contribution in [0.2, 0.25) is 0 Å². The van der Waals surface area contributed by atoms with Crippen molar-refractivity contribution in [2.45, 2.75) is 52.9 Å². The molecule has 3 N–H and O–H groups in total. The van der Waals surface area contributed by atoms with Crippen LogP contribution in [-0.2, 0) is 4.79 Å². The molecule has 116 valence electrons. The van der Waals surface area contributed by atoms with E-state index in [1.54, 1.807) is 13.8 Å². The zero-order valence-corrected chi connectivity index (χ0v) is 12.9. The predicted octanol–water partition coefficient (Wildman–Crippen LogP) is 2.61. The van der Waals surface area contributed by atoms with Gasteiger partial charge in [0, 0.05) is 13.1 Å². The zero-order chi connectivity index (χ0) is 15.2. The van der Waals surface area contributed by atoms with Crippen LogP contribution in [-0.4, -0.2) is 30.2 Å². The highest BCUT2D eigenvalue weighted by Gasteiger charge is 2.27. The monoisotopic (exact) mass is 284 g/mol. The predicted molar refractivity (Wildman–Crippen MR) is 78.6 cm³/mol. The van der Waals surface area contributed by atoms with Gasteiger partial charge < -0.3 is 15.7 Å². The summed E-state index contributed by atoms with van der Waals surface area (Å²) in [7, 11) is 0.